The van der Waals surface area contributed by atoms with Crippen molar-refractivity contribution in [1.29, 1.82) is 0 Å². The lowest BCUT2D eigenvalue weighted by Crippen LogP contribution is -2.15. The predicted molar refractivity (Wildman–Crippen MR) is 82.5 cm³/mol. The highest BCUT2D eigenvalue weighted by Gasteiger charge is 2.15. The Kier molecular flexibility index (Phi) is 3.47. The molecular weight excluding hydrogens is 265 g/mol. The normalized spacial score (nSPS) is 12.8. The summed E-state index contributed by atoms with van der Waals surface area (Å²) in [6.07, 6.45) is 0.589. The summed E-state index contributed by atoms with van der Waals surface area (Å²) < 4.78 is 15.3. The van der Waals surface area contributed by atoms with Crippen LogP contribution in [0.1, 0.15) is 22.9 Å². The summed E-state index contributed by atoms with van der Waals surface area (Å²) in [5, 5.41) is 5.65. The molecule has 3 aromatic rings. The second-order valence-corrected chi connectivity index (χ2v) is 5.40. The summed E-state index contributed by atoms with van der Waals surface area (Å²) in [5.41, 5.74) is 10.2. The van der Waals surface area contributed by atoms with E-state index in [-0.39, 0.29) is 11.9 Å². The Balaban J connectivity index is 1.96. The third-order valence-electron chi connectivity index (χ3n) is 3.89. The summed E-state index contributed by atoms with van der Waals surface area (Å²) in [6, 6.07) is 12.5. The largest absolute Gasteiger partial charge is 0.324 e. The number of nitrogens with two attached hydrogens (primary N) is 1. The molecule has 2 aromatic carbocycles. The van der Waals surface area contributed by atoms with E-state index in [0.29, 0.717) is 6.42 Å². The first kappa shape index (κ1) is 13.8. The smallest absolute Gasteiger partial charge is 0.123 e. The third-order valence-corrected chi connectivity index (χ3v) is 3.89. The number of benzene rings is 2. The summed E-state index contributed by atoms with van der Waals surface area (Å²) in [5.74, 6) is -0.253. The van der Waals surface area contributed by atoms with Gasteiger partial charge >= 0.3 is 0 Å². The SMILES string of the molecule is Cc1ccc(F)cc1C(N)Cc1nn(C)c2ccccc12. The van der Waals surface area contributed by atoms with Crippen molar-refractivity contribution in [3.05, 3.63) is 65.1 Å². The minimum absolute atomic E-state index is 0.253. The van der Waals surface area contributed by atoms with Gasteiger partial charge in [0.15, 0.2) is 0 Å². The van der Waals surface area contributed by atoms with Gasteiger partial charge in [-0.2, -0.15) is 5.10 Å². The number of aromatic nitrogens is 2. The molecule has 0 radical (unpaired) electrons. The van der Waals surface area contributed by atoms with Crippen molar-refractivity contribution >= 4 is 10.9 Å². The molecule has 21 heavy (non-hydrogen) atoms. The number of para-hydroxylation sites is 1. The molecule has 0 amide bonds. The first-order valence-electron chi connectivity index (χ1n) is 6.98. The van der Waals surface area contributed by atoms with Crippen LogP contribution >= 0.6 is 0 Å². The number of rotatable bonds is 3. The molecule has 0 saturated heterocycles. The number of nitrogens with zero attached hydrogens (tertiary/aromatic N) is 2. The van der Waals surface area contributed by atoms with E-state index >= 15 is 0 Å². The summed E-state index contributed by atoms with van der Waals surface area (Å²) in [4.78, 5) is 0. The van der Waals surface area contributed by atoms with Crippen LogP contribution < -0.4 is 5.73 Å². The van der Waals surface area contributed by atoms with Crippen molar-refractivity contribution < 1.29 is 4.39 Å². The molecule has 2 N–H and O–H groups in total. The van der Waals surface area contributed by atoms with Gasteiger partial charge in [0, 0.05) is 24.9 Å². The Hall–Kier alpha value is -2.20. The van der Waals surface area contributed by atoms with Crippen molar-refractivity contribution in [1.82, 2.24) is 9.78 Å². The van der Waals surface area contributed by atoms with E-state index < -0.39 is 0 Å². The first-order chi connectivity index (χ1) is 10.1. The van der Waals surface area contributed by atoms with Crippen LogP contribution in [0.5, 0.6) is 0 Å². The molecule has 0 bridgehead atoms. The summed E-state index contributed by atoms with van der Waals surface area (Å²) in [6.45, 7) is 1.95. The highest BCUT2D eigenvalue weighted by Crippen LogP contribution is 2.24. The molecule has 3 nitrogen and oxygen atoms in total. The summed E-state index contributed by atoms with van der Waals surface area (Å²) in [7, 11) is 1.92. The number of aryl methyl sites for hydroxylation is 2. The van der Waals surface area contributed by atoms with Gasteiger partial charge < -0.3 is 5.73 Å². The van der Waals surface area contributed by atoms with Crippen molar-refractivity contribution in [2.75, 3.05) is 0 Å². The number of hydrogen-bond donors (Lipinski definition) is 1. The van der Waals surface area contributed by atoms with Crippen molar-refractivity contribution in [2.24, 2.45) is 12.8 Å². The molecule has 1 aromatic heterocycles. The van der Waals surface area contributed by atoms with Crippen LogP contribution in [0, 0.1) is 12.7 Å². The monoisotopic (exact) mass is 283 g/mol. The van der Waals surface area contributed by atoms with Crippen LogP contribution in [0.25, 0.3) is 10.9 Å². The highest BCUT2D eigenvalue weighted by molar-refractivity contribution is 5.81. The first-order valence-corrected chi connectivity index (χ1v) is 6.98. The van der Waals surface area contributed by atoms with Gasteiger partial charge in [0.2, 0.25) is 0 Å². The van der Waals surface area contributed by atoms with Gasteiger partial charge in [-0.15, -0.1) is 0 Å². The Morgan fingerprint density at radius 3 is 2.81 bits per heavy atom. The molecule has 0 aliphatic heterocycles. The highest BCUT2D eigenvalue weighted by atomic mass is 19.1. The minimum Gasteiger partial charge on any atom is -0.324 e. The van der Waals surface area contributed by atoms with Gasteiger partial charge in [0.05, 0.1) is 11.2 Å². The fourth-order valence-electron chi connectivity index (χ4n) is 2.77. The molecule has 0 spiro atoms. The molecule has 108 valence electrons. The molecule has 0 saturated carbocycles. The molecular formula is C17H18FN3. The van der Waals surface area contributed by atoms with E-state index in [2.05, 4.69) is 5.10 Å². The summed E-state index contributed by atoms with van der Waals surface area (Å²) >= 11 is 0. The van der Waals surface area contributed by atoms with Crippen LogP contribution in [0.15, 0.2) is 42.5 Å². The van der Waals surface area contributed by atoms with Crippen LogP contribution in [-0.4, -0.2) is 9.78 Å². The van der Waals surface area contributed by atoms with E-state index in [1.807, 2.05) is 42.9 Å². The second-order valence-electron chi connectivity index (χ2n) is 5.40. The van der Waals surface area contributed by atoms with Crippen molar-refractivity contribution in [3.8, 4) is 0 Å². The standard InChI is InChI=1S/C17H18FN3/c1-11-7-8-12(18)9-14(11)15(19)10-16-13-5-3-4-6-17(13)21(2)20-16/h3-9,15H,10,19H2,1-2H3. The zero-order valence-electron chi connectivity index (χ0n) is 12.2. The second kappa shape index (κ2) is 5.30. The lowest BCUT2D eigenvalue weighted by molar-refractivity contribution is 0.615. The number of halogens is 1. The van der Waals surface area contributed by atoms with Gasteiger partial charge in [0.1, 0.15) is 5.82 Å². The van der Waals surface area contributed by atoms with E-state index in [1.54, 1.807) is 6.07 Å². The lowest BCUT2D eigenvalue weighted by Gasteiger charge is -2.14. The Morgan fingerprint density at radius 2 is 2.00 bits per heavy atom. The molecule has 0 aliphatic rings. The van der Waals surface area contributed by atoms with Gasteiger partial charge in [-0.05, 0) is 36.2 Å². The maximum absolute atomic E-state index is 13.4. The molecule has 1 unspecified atom stereocenters. The Labute approximate surface area is 123 Å². The van der Waals surface area contributed by atoms with Crippen LogP contribution in [0.4, 0.5) is 4.39 Å². The zero-order chi connectivity index (χ0) is 15.0. The van der Waals surface area contributed by atoms with Gasteiger partial charge in [-0.1, -0.05) is 24.3 Å². The van der Waals surface area contributed by atoms with Crippen LogP contribution in [-0.2, 0) is 13.5 Å². The molecule has 4 heteroatoms. The van der Waals surface area contributed by atoms with E-state index in [4.69, 9.17) is 5.73 Å². The molecule has 1 heterocycles. The molecule has 3 rings (SSSR count). The molecule has 0 aliphatic carbocycles. The minimum atomic E-state index is -0.265. The van der Waals surface area contributed by atoms with Crippen molar-refractivity contribution in [3.63, 3.8) is 0 Å². The fraction of sp³-hybridized carbons (Fsp3) is 0.235. The fourth-order valence-corrected chi connectivity index (χ4v) is 2.77. The van der Waals surface area contributed by atoms with E-state index in [0.717, 1.165) is 27.7 Å². The maximum atomic E-state index is 13.4. The number of hydrogen-bond acceptors (Lipinski definition) is 2. The van der Waals surface area contributed by atoms with Gasteiger partial charge in [-0.25, -0.2) is 4.39 Å². The average molecular weight is 283 g/mol. The number of fused-ring (bicyclic) bond motifs is 1. The molecule has 0 fully saturated rings. The third kappa shape index (κ3) is 2.54. The predicted octanol–water partition coefficient (Wildman–Crippen LogP) is 3.26. The Bertz CT molecular complexity index is 792. The maximum Gasteiger partial charge on any atom is 0.123 e. The van der Waals surface area contributed by atoms with E-state index in [1.165, 1.54) is 12.1 Å². The van der Waals surface area contributed by atoms with Crippen LogP contribution in [0.2, 0.25) is 0 Å². The lowest BCUT2D eigenvalue weighted by atomic mass is 9.97. The zero-order valence-corrected chi connectivity index (χ0v) is 12.2. The van der Waals surface area contributed by atoms with Gasteiger partial charge in [-0.3, -0.25) is 4.68 Å². The molecule has 1 atom stereocenters. The van der Waals surface area contributed by atoms with Gasteiger partial charge in [0.25, 0.3) is 0 Å². The van der Waals surface area contributed by atoms with Crippen molar-refractivity contribution in [2.45, 2.75) is 19.4 Å². The Morgan fingerprint density at radius 1 is 1.24 bits per heavy atom. The average Bonchev–Trinajstić information content (AvgIpc) is 2.78. The van der Waals surface area contributed by atoms with Crippen LogP contribution in [0.3, 0.4) is 0 Å². The van der Waals surface area contributed by atoms with E-state index in [9.17, 15) is 4.39 Å². The topological polar surface area (TPSA) is 43.8 Å². The quantitative estimate of drug-likeness (QED) is 0.801.